The molecule has 0 aliphatic heterocycles. The summed E-state index contributed by atoms with van der Waals surface area (Å²) in [5.41, 5.74) is 2.28. The van der Waals surface area contributed by atoms with E-state index in [1.54, 1.807) is 6.20 Å². The second-order valence-electron chi connectivity index (χ2n) is 4.57. The van der Waals surface area contributed by atoms with Crippen LogP contribution in [-0.4, -0.2) is 10.1 Å². The molecule has 0 saturated carbocycles. The van der Waals surface area contributed by atoms with Gasteiger partial charge in [0.2, 0.25) is 0 Å². The van der Waals surface area contributed by atoms with E-state index in [0.717, 1.165) is 10.0 Å². The largest absolute Gasteiger partial charge is 0.356 e. The second kappa shape index (κ2) is 6.81. The van der Waals surface area contributed by atoms with E-state index in [4.69, 9.17) is 12.2 Å². The van der Waals surface area contributed by atoms with Crippen LogP contribution in [-0.2, 0) is 0 Å². The normalized spacial score (nSPS) is 11.8. The van der Waals surface area contributed by atoms with E-state index < -0.39 is 0 Å². The zero-order valence-electron chi connectivity index (χ0n) is 11.4. The molecule has 2 aromatic rings. The fourth-order valence-electron chi connectivity index (χ4n) is 1.79. The van der Waals surface area contributed by atoms with Gasteiger partial charge in [-0.05, 0) is 59.2 Å². The molecule has 0 aliphatic rings. The highest BCUT2D eigenvalue weighted by molar-refractivity contribution is 9.10. The van der Waals surface area contributed by atoms with Gasteiger partial charge in [-0.25, -0.2) is 4.98 Å². The number of nitrogens with zero attached hydrogens (tertiary/aromatic N) is 1. The van der Waals surface area contributed by atoms with Gasteiger partial charge in [0.1, 0.15) is 5.82 Å². The number of rotatable bonds is 3. The maximum absolute atomic E-state index is 5.32. The first kappa shape index (κ1) is 14.9. The Kier molecular flexibility index (Phi) is 5.09. The third kappa shape index (κ3) is 4.02. The zero-order chi connectivity index (χ0) is 14.5. The number of benzene rings is 1. The van der Waals surface area contributed by atoms with Gasteiger partial charge in [-0.3, -0.25) is 0 Å². The van der Waals surface area contributed by atoms with E-state index in [0.29, 0.717) is 10.9 Å². The molecule has 3 nitrogen and oxygen atoms in total. The van der Waals surface area contributed by atoms with Crippen LogP contribution < -0.4 is 10.6 Å². The first-order chi connectivity index (χ1) is 9.56. The quantitative estimate of drug-likeness (QED) is 0.814. The van der Waals surface area contributed by atoms with Crippen molar-refractivity contribution in [1.82, 2.24) is 10.3 Å². The number of anilines is 1. The molecule has 0 amide bonds. The van der Waals surface area contributed by atoms with Crippen LogP contribution >= 0.6 is 28.1 Å². The number of aromatic nitrogens is 1. The predicted molar refractivity (Wildman–Crippen MR) is 90.9 cm³/mol. The number of halogens is 1. The minimum atomic E-state index is 0.139. The summed E-state index contributed by atoms with van der Waals surface area (Å²) < 4.78 is 0.897. The van der Waals surface area contributed by atoms with Crippen LogP contribution in [0.3, 0.4) is 0 Å². The van der Waals surface area contributed by atoms with Gasteiger partial charge in [0, 0.05) is 6.20 Å². The molecule has 2 rings (SSSR count). The van der Waals surface area contributed by atoms with Crippen LogP contribution in [0.15, 0.2) is 47.1 Å². The molecule has 5 heteroatoms. The Morgan fingerprint density at radius 1 is 1.30 bits per heavy atom. The van der Waals surface area contributed by atoms with Crippen molar-refractivity contribution in [2.45, 2.75) is 19.9 Å². The van der Waals surface area contributed by atoms with Crippen molar-refractivity contribution in [3.05, 3.63) is 58.2 Å². The van der Waals surface area contributed by atoms with Gasteiger partial charge >= 0.3 is 0 Å². The molecule has 1 aromatic heterocycles. The van der Waals surface area contributed by atoms with Crippen LogP contribution in [0.4, 0.5) is 5.82 Å². The molecular formula is C15H16BrN3S. The van der Waals surface area contributed by atoms with Crippen molar-refractivity contribution in [3.8, 4) is 0 Å². The predicted octanol–water partition coefficient (Wildman–Crippen LogP) is 4.20. The van der Waals surface area contributed by atoms with Gasteiger partial charge in [-0.1, -0.05) is 30.3 Å². The summed E-state index contributed by atoms with van der Waals surface area (Å²) in [6.07, 6.45) is 1.80. The second-order valence-corrected chi connectivity index (χ2v) is 5.84. The first-order valence-corrected chi connectivity index (χ1v) is 7.51. The SMILES string of the molecule is Cc1cnc(NC(=S)NC(C)c2ccccc2)c(Br)c1. The minimum Gasteiger partial charge on any atom is -0.356 e. The number of pyridine rings is 1. The van der Waals surface area contributed by atoms with E-state index in [-0.39, 0.29) is 6.04 Å². The average molecular weight is 350 g/mol. The molecule has 0 radical (unpaired) electrons. The Bertz CT molecular complexity index is 601. The number of hydrogen-bond donors (Lipinski definition) is 2. The summed E-state index contributed by atoms with van der Waals surface area (Å²) >= 11 is 8.80. The highest BCUT2D eigenvalue weighted by Crippen LogP contribution is 2.20. The molecule has 0 fully saturated rings. The molecular weight excluding hydrogens is 334 g/mol. The van der Waals surface area contributed by atoms with E-state index in [2.05, 4.69) is 50.6 Å². The van der Waals surface area contributed by atoms with Crippen LogP contribution in [0, 0.1) is 6.92 Å². The Morgan fingerprint density at radius 3 is 2.65 bits per heavy atom. The highest BCUT2D eigenvalue weighted by Gasteiger charge is 2.08. The van der Waals surface area contributed by atoms with Crippen molar-refractivity contribution >= 4 is 39.1 Å². The Hall–Kier alpha value is -1.46. The maximum atomic E-state index is 5.32. The summed E-state index contributed by atoms with van der Waals surface area (Å²) in [6, 6.07) is 12.3. The summed E-state index contributed by atoms with van der Waals surface area (Å²) in [5, 5.41) is 6.90. The third-order valence-electron chi connectivity index (χ3n) is 2.86. The lowest BCUT2D eigenvalue weighted by Gasteiger charge is -2.17. The Balaban J connectivity index is 1.99. The summed E-state index contributed by atoms with van der Waals surface area (Å²) in [5.74, 6) is 0.716. The van der Waals surface area contributed by atoms with Crippen LogP contribution in [0.1, 0.15) is 24.1 Å². The standard InChI is InChI=1S/C15H16BrN3S/c1-10-8-13(16)14(17-9-10)19-15(20)18-11(2)12-6-4-3-5-7-12/h3-9,11H,1-2H3,(H2,17,18,19,20). The van der Waals surface area contributed by atoms with Crippen LogP contribution in [0.25, 0.3) is 0 Å². The van der Waals surface area contributed by atoms with Crippen molar-refractivity contribution in [1.29, 1.82) is 0 Å². The lowest BCUT2D eigenvalue weighted by Crippen LogP contribution is -2.31. The molecule has 1 unspecified atom stereocenters. The van der Waals surface area contributed by atoms with Gasteiger partial charge in [0.15, 0.2) is 5.11 Å². The van der Waals surface area contributed by atoms with Crippen molar-refractivity contribution in [2.75, 3.05) is 5.32 Å². The van der Waals surface area contributed by atoms with Crippen molar-refractivity contribution in [3.63, 3.8) is 0 Å². The maximum Gasteiger partial charge on any atom is 0.172 e. The van der Waals surface area contributed by atoms with Crippen molar-refractivity contribution in [2.24, 2.45) is 0 Å². The first-order valence-electron chi connectivity index (χ1n) is 6.31. The average Bonchev–Trinajstić information content (AvgIpc) is 2.43. The number of aryl methyl sites for hydroxylation is 1. The fraction of sp³-hybridized carbons (Fsp3) is 0.200. The van der Waals surface area contributed by atoms with Gasteiger partial charge in [0.05, 0.1) is 10.5 Å². The van der Waals surface area contributed by atoms with E-state index in [1.165, 1.54) is 5.56 Å². The monoisotopic (exact) mass is 349 g/mol. The highest BCUT2D eigenvalue weighted by atomic mass is 79.9. The zero-order valence-corrected chi connectivity index (χ0v) is 13.8. The molecule has 0 aliphatic carbocycles. The summed E-state index contributed by atoms with van der Waals surface area (Å²) in [7, 11) is 0. The van der Waals surface area contributed by atoms with Gasteiger partial charge < -0.3 is 10.6 Å². The van der Waals surface area contributed by atoms with Crippen LogP contribution in [0.5, 0.6) is 0 Å². The van der Waals surface area contributed by atoms with E-state index in [1.807, 2.05) is 31.2 Å². The lowest BCUT2D eigenvalue weighted by molar-refractivity contribution is 0.722. The number of thiocarbonyl (C=S) groups is 1. The molecule has 104 valence electrons. The molecule has 0 saturated heterocycles. The molecule has 1 atom stereocenters. The molecule has 0 bridgehead atoms. The van der Waals surface area contributed by atoms with Gasteiger partial charge in [-0.15, -0.1) is 0 Å². The van der Waals surface area contributed by atoms with Crippen molar-refractivity contribution < 1.29 is 0 Å². The number of nitrogens with one attached hydrogen (secondary N) is 2. The van der Waals surface area contributed by atoms with Crippen LogP contribution in [0.2, 0.25) is 0 Å². The van der Waals surface area contributed by atoms with Gasteiger partial charge in [0.25, 0.3) is 0 Å². The smallest absolute Gasteiger partial charge is 0.172 e. The summed E-state index contributed by atoms with van der Waals surface area (Å²) in [6.45, 7) is 4.07. The molecule has 0 spiro atoms. The fourth-order valence-corrected chi connectivity index (χ4v) is 2.63. The topological polar surface area (TPSA) is 37.0 Å². The molecule has 20 heavy (non-hydrogen) atoms. The third-order valence-corrected chi connectivity index (χ3v) is 3.68. The summed E-state index contributed by atoms with van der Waals surface area (Å²) in [4.78, 5) is 4.31. The Morgan fingerprint density at radius 2 is 2.00 bits per heavy atom. The minimum absolute atomic E-state index is 0.139. The lowest BCUT2D eigenvalue weighted by atomic mass is 10.1. The van der Waals surface area contributed by atoms with E-state index in [9.17, 15) is 0 Å². The molecule has 1 aromatic carbocycles. The Labute approximate surface area is 132 Å². The molecule has 2 N–H and O–H groups in total. The van der Waals surface area contributed by atoms with Gasteiger partial charge in [-0.2, -0.15) is 0 Å². The number of hydrogen-bond acceptors (Lipinski definition) is 2. The molecule has 1 heterocycles. The van der Waals surface area contributed by atoms with E-state index >= 15 is 0 Å².